The number of para-hydroxylation sites is 2. The van der Waals surface area contributed by atoms with Crippen LogP contribution in [0.3, 0.4) is 0 Å². The summed E-state index contributed by atoms with van der Waals surface area (Å²) in [5.41, 5.74) is 2.14. The first-order valence-corrected chi connectivity index (χ1v) is 7.16. The van der Waals surface area contributed by atoms with Crippen molar-refractivity contribution in [3.05, 3.63) is 42.7 Å². The van der Waals surface area contributed by atoms with Crippen LogP contribution < -0.4 is 5.32 Å². The molecular formula is C16H22N4O. The summed E-state index contributed by atoms with van der Waals surface area (Å²) in [6.07, 6.45) is 6.18. The first-order chi connectivity index (χ1) is 10.2. The van der Waals surface area contributed by atoms with Crippen molar-refractivity contribution in [3.63, 3.8) is 0 Å². The van der Waals surface area contributed by atoms with E-state index in [1.54, 1.807) is 6.08 Å². The second-order valence-electron chi connectivity index (χ2n) is 5.24. The lowest BCUT2D eigenvalue weighted by atomic mass is 10.3. The second-order valence-corrected chi connectivity index (χ2v) is 5.24. The molecule has 0 saturated heterocycles. The van der Waals surface area contributed by atoms with Gasteiger partial charge in [0.15, 0.2) is 0 Å². The normalized spacial score (nSPS) is 11.6. The molecule has 0 unspecified atom stereocenters. The molecule has 0 spiro atoms. The summed E-state index contributed by atoms with van der Waals surface area (Å²) < 4.78 is 2.11. The highest BCUT2D eigenvalue weighted by Gasteiger charge is 2.01. The summed E-state index contributed by atoms with van der Waals surface area (Å²) in [7, 11) is 3.94. The van der Waals surface area contributed by atoms with Gasteiger partial charge in [0.2, 0.25) is 5.91 Å². The van der Waals surface area contributed by atoms with E-state index < -0.39 is 0 Å². The Morgan fingerprint density at radius 3 is 3.00 bits per heavy atom. The van der Waals surface area contributed by atoms with Gasteiger partial charge in [-0.15, -0.1) is 0 Å². The average Bonchev–Trinajstić information content (AvgIpc) is 2.86. The smallest absolute Gasteiger partial charge is 0.243 e. The SMILES string of the molecule is CN(C)C/C=C/C(=O)NCCCn1cnc2ccccc21. The third kappa shape index (κ3) is 4.72. The van der Waals surface area contributed by atoms with Crippen molar-refractivity contribution in [2.45, 2.75) is 13.0 Å². The van der Waals surface area contributed by atoms with Gasteiger partial charge in [-0.2, -0.15) is 0 Å². The molecule has 112 valence electrons. The van der Waals surface area contributed by atoms with Crippen LogP contribution in [0.1, 0.15) is 6.42 Å². The number of nitrogens with zero attached hydrogens (tertiary/aromatic N) is 3. The molecule has 0 saturated carbocycles. The van der Waals surface area contributed by atoms with Crippen LogP contribution in [0.25, 0.3) is 11.0 Å². The number of nitrogens with one attached hydrogen (secondary N) is 1. The average molecular weight is 286 g/mol. The van der Waals surface area contributed by atoms with E-state index in [4.69, 9.17) is 0 Å². The highest BCUT2D eigenvalue weighted by Crippen LogP contribution is 2.11. The number of aromatic nitrogens is 2. The van der Waals surface area contributed by atoms with Crippen LogP contribution in [-0.2, 0) is 11.3 Å². The molecule has 0 fully saturated rings. The van der Waals surface area contributed by atoms with E-state index >= 15 is 0 Å². The molecule has 1 aromatic heterocycles. The van der Waals surface area contributed by atoms with E-state index in [0.717, 1.165) is 30.5 Å². The molecule has 0 atom stereocenters. The molecule has 0 bridgehead atoms. The number of rotatable bonds is 7. The molecule has 1 aromatic carbocycles. The summed E-state index contributed by atoms with van der Waals surface area (Å²) >= 11 is 0. The van der Waals surface area contributed by atoms with Crippen LogP contribution in [0.5, 0.6) is 0 Å². The zero-order valence-corrected chi connectivity index (χ0v) is 12.6. The van der Waals surface area contributed by atoms with E-state index in [9.17, 15) is 4.79 Å². The summed E-state index contributed by atoms with van der Waals surface area (Å²) in [6.45, 7) is 2.29. The third-order valence-corrected chi connectivity index (χ3v) is 3.14. The molecule has 0 aliphatic carbocycles. The predicted molar refractivity (Wildman–Crippen MR) is 85.1 cm³/mol. The summed E-state index contributed by atoms with van der Waals surface area (Å²) in [5, 5.41) is 2.89. The first-order valence-electron chi connectivity index (χ1n) is 7.16. The Balaban J connectivity index is 1.72. The van der Waals surface area contributed by atoms with E-state index in [1.807, 2.05) is 49.6 Å². The standard InChI is InChI=1S/C16H22N4O/c1-19(2)11-5-9-16(21)17-10-6-12-20-13-18-14-7-3-4-8-15(14)20/h3-5,7-9,13H,6,10-12H2,1-2H3,(H,17,21)/b9-5+. The number of carbonyl (C=O) groups is 1. The fourth-order valence-corrected chi connectivity index (χ4v) is 2.08. The molecule has 1 N–H and O–H groups in total. The highest BCUT2D eigenvalue weighted by molar-refractivity contribution is 5.87. The summed E-state index contributed by atoms with van der Waals surface area (Å²) in [5.74, 6) is -0.0349. The molecule has 21 heavy (non-hydrogen) atoms. The molecule has 0 aliphatic heterocycles. The molecule has 1 heterocycles. The van der Waals surface area contributed by atoms with Crippen molar-refractivity contribution in [1.82, 2.24) is 19.8 Å². The lowest BCUT2D eigenvalue weighted by Crippen LogP contribution is -2.23. The van der Waals surface area contributed by atoms with Gasteiger partial charge in [-0.1, -0.05) is 18.2 Å². The Morgan fingerprint density at radius 2 is 2.19 bits per heavy atom. The van der Waals surface area contributed by atoms with Crippen molar-refractivity contribution in [3.8, 4) is 0 Å². The number of hydrogen-bond acceptors (Lipinski definition) is 3. The Hall–Kier alpha value is -2.14. The molecule has 5 heteroatoms. The Labute approximate surface area is 125 Å². The van der Waals surface area contributed by atoms with Gasteiger partial charge in [-0.05, 0) is 32.6 Å². The fourth-order valence-electron chi connectivity index (χ4n) is 2.08. The van der Waals surface area contributed by atoms with E-state index in [-0.39, 0.29) is 5.91 Å². The van der Waals surface area contributed by atoms with Crippen molar-refractivity contribution in [1.29, 1.82) is 0 Å². The van der Waals surface area contributed by atoms with Gasteiger partial charge < -0.3 is 14.8 Å². The molecule has 2 aromatic rings. The Kier molecular flexibility index (Phi) is 5.51. The van der Waals surface area contributed by atoms with Crippen molar-refractivity contribution < 1.29 is 4.79 Å². The highest BCUT2D eigenvalue weighted by atomic mass is 16.1. The van der Waals surface area contributed by atoms with Gasteiger partial charge in [0.1, 0.15) is 0 Å². The second kappa shape index (κ2) is 7.59. The maximum atomic E-state index is 11.6. The minimum atomic E-state index is -0.0349. The van der Waals surface area contributed by atoms with Crippen LogP contribution in [0, 0.1) is 0 Å². The topological polar surface area (TPSA) is 50.2 Å². The van der Waals surface area contributed by atoms with Crippen LogP contribution in [-0.4, -0.2) is 47.5 Å². The molecule has 2 rings (SSSR count). The number of hydrogen-bond donors (Lipinski definition) is 1. The number of amides is 1. The van der Waals surface area contributed by atoms with Gasteiger partial charge in [-0.3, -0.25) is 4.79 Å². The van der Waals surface area contributed by atoms with Crippen LogP contribution in [0.15, 0.2) is 42.7 Å². The summed E-state index contributed by atoms with van der Waals surface area (Å²) in [4.78, 5) is 17.9. The van der Waals surface area contributed by atoms with Crippen molar-refractivity contribution in [2.24, 2.45) is 0 Å². The molecule has 0 radical (unpaired) electrons. The zero-order valence-electron chi connectivity index (χ0n) is 12.6. The number of benzene rings is 1. The first kappa shape index (κ1) is 15.3. The van der Waals surface area contributed by atoms with Gasteiger partial charge in [0, 0.05) is 25.7 Å². The van der Waals surface area contributed by atoms with Gasteiger partial charge in [-0.25, -0.2) is 4.98 Å². The van der Waals surface area contributed by atoms with Gasteiger partial charge in [0.25, 0.3) is 0 Å². The minimum Gasteiger partial charge on any atom is -0.352 e. The quantitative estimate of drug-likeness (QED) is 0.622. The van der Waals surface area contributed by atoms with E-state index in [2.05, 4.69) is 20.9 Å². The van der Waals surface area contributed by atoms with Gasteiger partial charge in [0.05, 0.1) is 17.4 Å². The van der Waals surface area contributed by atoms with E-state index in [0.29, 0.717) is 6.54 Å². The fraction of sp³-hybridized carbons (Fsp3) is 0.375. The lowest BCUT2D eigenvalue weighted by Gasteiger charge is -2.06. The Morgan fingerprint density at radius 1 is 1.38 bits per heavy atom. The predicted octanol–water partition coefficient (Wildman–Crippen LogP) is 1.66. The minimum absolute atomic E-state index is 0.0349. The molecule has 1 amide bonds. The lowest BCUT2D eigenvalue weighted by molar-refractivity contribution is -0.116. The van der Waals surface area contributed by atoms with Crippen LogP contribution >= 0.6 is 0 Å². The van der Waals surface area contributed by atoms with Crippen molar-refractivity contribution in [2.75, 3.05) is 27.2 Å². The Bertz CT molecular complexity index is 616. The van der Waals surface area contributed by atoms with E-state index in [1.165, 1.54) is 0 Å². The largest absolute Gasteiger partial charge is 0.352 e. The van der Waals surface area contributed by atoms with Crippen LogP contribution in [0.4, 0.5) is 0 Å². The molecule has 0 aliphatic rings. The van der Waals surface area contributed by atoms with Gasteiger partial charge >= 0.3 is 0 Å². The number of carbonyl (C=O) groups excluding carboxylic acids is 1. The zero-order chi connectivity index (χ0) is 15.1. The maximum Gasteiger partial charge on any atom is 0.243 e. The number of fused-ring (bicyclic) bond motifs is 1. The number of aryl methyl sites for hydroxylation is 1. The number of likely N-dealkylation sites (N-methyl/N-ethyl adjacent to an activating group) is 1. The van der Waals surface area contributed by atoms with Crippen molar-refractivity contribution >= 4 is 16.9 Å². The number of imidazole rings is 1. The molecular weight excluding hydrogens is 264 g/mol. The maximum absolute atomic E-state index is 11.6. The summed E-state index contributed by atoms with van der Waals surface area (Å²) in [6, 6.07) is 8.06. The molecule has 5 nitrogen and oxygen atoms in total. The monoisotopic (exact) mass is 286 g/mol. The van der Waals surface area contributed by atoms with Crippen LogP contribution in [0.2, 0.25) is 0 Å². The third-order valence-electron chi connectivity index (χ3n) is 3.14.